The molecule has 3 heteroatoms. The van der Waals surface area contributed by atoms with Crippen molar-refractivity contribution in [2.45, 2.75) is 53.2 Å². The van der Waals surface area contributed by atoms with Crippen LogP contribution in [-0.2, 0) is 6.61 Å². The van der Waals surface area contributed by atoms with E-state index >= 15 is 0 Å². The van der Waals surface area contributed by atoms with Gasteiger partial charge in [0.05, 0.1) is 12.3 Å². The summed E-state index contributed by atoms with van der Waals surface area (Å²) < 4.78 is 0. The highest BCUT2D eigenvalue weighted by Gasteiger charge is 2.17. The lowest BCUT2D eigenvalue weighted by molar-refractivity contribution is 0.277. The number of pyridine rings is 1. The van der Waals surface area contributed by atoms with Crippen molar-refractivity contribution < 1.29 is 5.11 Å². The SMILES string of the molecule is CCC(CC)N(CC(C)C)c1ccnc(CO)c1. The minimum absolute atomic E-state index is 0.00623. The third-order valence-electron chi connectivity index (χ3n) is 3.24. The molecule has 1 aromatic rings. The molecule has 0 aromatic carbocycles. The van der Waals surface area contributed by atoms with Crippen molar-refractivity contribution in [2.75, 3.05) is 11.4 Å². The summed E-state index contributed by atoms with van der Waals surface area (Å²) in [5.74, 6) is 0.622. The molecule has 0 aliphatic rings. The molecule has 0 saturated heterocycles. The normalized spacial score (nSPS) is 11.3. The van der Waals surface area contributed by atoms with E-state index in [-0.39, 0.29) is 6.61 Å². The molecule has 0 bridgehead atoms. The van der Waals surface area contributed by atoms with Crippen LogP contribution in [0.5, 0.6) is 0 Å². The van der Waals surface area contributed by atoms with E-state index in [1.54, 1.807) is 6.20 Å². The third kappa shape index (κ3) is 3.98. The number of rotatable bonds is 7. The van der Waals surface area contributed by atoms with E-state index in [1.165, 1.54) is 5.69 Å². The van der Waals surface area contributed by atoms with Crippen LogP contribution in [0.4, 0.5) is 5.69 Å². The Morgan fingerprint density at radius 1 is 1.28 bits per heavy atom. The van der Waals surface area contributed by atoms with E-state index in [1.807, 2.05) is 12.1 Å². The first-order chi connectivity index (χ1) is 8.62. The average Bonchev–Trinajstić information content (AvgIpc) is 2.38. The van der Waals surface area contributed by atoms with Crippen molar-refractivity contribution in [1.82, 2.24) is 4.98 Å². The first kappa shape index (κ1) is 15.0. The van der Waals surface area contributed by atoms with Crippen LogP contribution in [0.15, 0.2) is 18.3 Å². The van der Waals surface area contributed by atoms with Crippen LogP contribution in [0.3, 0.4) is 0 Å². The molecule has 0 atom stereocenters. The number of aliphatic hydroxyl groups excluding tert-OH is 1. The molecule has 0 aliphatic carbocycles. The monoisotopic (exact) mass is 250 g/mol. The first-order valence-corrected chi connectivity index (χ1v) is 6.94. The molecule has 18 heavy (non-hydrogen) atoms. The molecule has 0 fully saturated rings. The lowest BCUT2D eigenvalue weighted by Gasteiger charge is -2.34. The van der Waals surface area contributed by atoms with Gasteiger partial charge in [-0.1, -0.05) is 27.7 Å². The zero-order valence-corrected chi connectivity index (χ0v) is 12.1. The molecule has 1 aromatic heterocycles. The Balaban J connectivity index is 2.99. The van der Waals surface area contributed by atoms with Crippen molar-refractivity contribution >= 4 is 5.69 Å². The largest absolute Gasteiger partial charge is 0.390 e. The first-order valence-electron chi connectivity index (χ1n) is 6.94. The predicted molar refractivity (Wildman–Crippen MR) is 76.7 cm³/mol. The van der Waals surface area contributed by atoms with Gasteiger partial charge in [-0.15, -0.1) is 0 Å². The number of hydrogen-bond donors (Lipinski definition) is 1. The highest BCUT2D eigenvalue weighted by Crippen LogP contribution is 2.22. The van der Waals surface area contributed by atoms with Gasteiger partial charge in [0.1, 0.15) is 0 Å². The van der Waals surface area contributed by atoms with Crippen molar-refractivity contribution in [2.24, 2.45) is 5.92 Å². The Kier molecular flexibility index (Phi) is 6.13. The Morgan fingerprint density at radius 2 is 1.94 bits per heavy atom. The zero-order chi connectivity index (χ0) is 13.5. The molecule has 3 nitrogen and oxygen atoms in total. The van der Waals surface area contributed by atoms with Gasteiger partial charge in [-0.2, -0.15) is 0 Å². The minimum Gasteiger partial charge on any atom is -0.390 e. The Morgan fingerprint density at radius 3 is 2.44 bits per heavy atom. The fourth-order valence-electron chi connectivity index (χ4n) is 2.32. The lowest BCUT2D eigenvalue weighted by Crippen LogP contribution is -2.37. The summed E-state index contributed by atoms with van der Waals surface area (Å²) in [6.07, 6.45) is 4.07. The molecule has 0 amide bonds. The Labute approximate surface area is 111 Å². The van der Waals surface area contributed by atoms with Gasteiger partial charge >= 0.3 is 0 Å². The standard InChI is InChI=1S/C15H26N2O/c1-5-14(6-2)17(10-12(3)4)15-7-8-16-13(9-15)11-18/h7-9,12,14,18H,5-6,10-11H2,1-4H3. The van der Waals surface area contributed by atoms with Crippen molar-refractivity contribution in [3.05, 3.63) is 24.0 Å². The van der Waals surface area contributed by atoms with Gasteiger partial charge < -0.3 is 10.0 Å². The van der Waals surface area contributed by atoms with E-state index in [4.69, 9.17) is 0 Å². The molecule has 0 unspecified atom stereocenters. The van der Waals surface area contributed by atoms with Gasteiger partial charge in [0.25, 0.3) is 0 Å². The quantitative estimate of drug-likeness (QED) is 0.807. The molecule has 0 saturated carbocycles. The highest BCUT2D eigenvalue weighted by molar-refractivity contribution is 5.47. The Hall–Kier alpha value is -1.09. The van der Waals surface area contributed by atoms with Crippen LogP contribution in [0.2, 0.25) is 0 Å². The smallest absolute Gasteiger partial charge is 0.0853 e. The summed E-state index contributed by atoms with van der Waals surface area (Å²) in [5.41, 5.74) is 1.92. The fourth-order valence-corrected chi connectivity index (χ4v) is 2.32. The van der Waals surface area contributed by atoms with Crippen molar-refractivity contribution in [3.63, 3.8) is 0 Å². The maximum absolute atomic E-state index is 9.20. The van der Waals surface area contributed by atoms with Crippen molar-refractivity contribution in [3.8, 4) is 0 Å². The highest BCUT2D eigenvalue weighted by atomic mass is 16.3. The molecular weight excluding hydrogens is 224 g/mol. The lowest BCUT2D eigenvalue weighted by atomic mass is 10.1. The maximum atomic E-state index is 9.20. The summed E-state index contributed by atoms with van der Waals surface area (Å²) in [6, 6.07) is 4.60. The van der Waals surface area contributed by atoms with Crippen LogP contribution >= 0.6 is 0 Å². The second kappa shape index (κ2) is 7.37. The van der Waals surface area contributed by atoms with Gasteiger partial charge in [-0.05, 0) is 30.9 Å². The predicted octanol–water partition coefficient (Wildman–Crippen LogP) is 3.22. The Bertz CT molecular complexity index is 348. The van der Waals surface area contributed by atoms with E-state index in [0.717, 1.165) is 25.1 Å². The summed E-state index contributed by atoms with van der Waals surface area (Å²) in [4.78, 5) is 6.60. The van der Waals surface area contributed by atoms with E-state index < -0.39 is 0 Å². The molecule has 0 radical (unpaired) electrons. The molecule has 1 rings (SSSR count). The second-order valence-electron chi connectivity index (χ2n) is 5.18. The summed E-state index contributed by atoms with van der Waals surface area (Å²) in [6.45, 7) is 9.99. The van der Waals surface area contributed by atoms with Crippen LogP contribution in [0.1, 0.15) is 46.2 Å². The number of aliphatic hydroxyl groups is 1. The molecule has 1 heterocycles. The van der Waals surface area contributed by atoms with E-state index in [2.05, 4.69) is 37.6 Å². The second-order valence-corrected chi connectivity index (χ2v) is 5.18. The van der Waals surface area contributed by atoms with E-state index in [9.17, 15) is 5.11 Å². The fraction of sp³-hybridized carbons (Fsp3) is 0.667. The molecule has 0 spiro atoms. The van der Waals surface area contributed by atoms with Crippen LogP contribution in [0, 0.1) is 5.92 Å². The molecule has 1 N–H and O–H groups in total. The van der Waals surface area contributed by atoms with E-state index in [0.29, 0.717) is 12.0 Å². The van der Waals surface area contributed by atoms with Gasteiger partial charge in [0.15, 0.2) is 0 Å². The van der Waals surface area contributed by atoms with Gasteiger partial charge in [-0.25, -0.2) is 0 Å². The number of aromatic nitrogens is 1. The summed E-state index contributed by atoms with van der Waals surface area (Å²) >= 11 is 0. The van der Waals surface area contributed by atoms with Gasteiger partial charge in [0, 0.05) is 24.5 Å². The minimum atomic E-state index is 0.00623. The average molecular weight is 250 g/mol. The molecule has 0 aliphatic heterocycles. The third-order valence-corrected chi connectivity index (χ3v) is 3.24. The summed E-state index contributed by atoms with van der Waals surface area (Å²) in [5, 5.41) is 9.20. The van der Waals surface area contributed by atoms with Gasteiger partial charge in [-0.3, -0.25) is 4.98 Å². The molecular formula is C15H26N2O. The molecule has 102 valence electrons. The number of hydrogen-bond acceptors (Lipinski definition) is 3. The number of anilines is 1. The topological polar surface area (TPSA) is 36.4 Å². The summed E-state index contributed by atoms with van der Waals surface area (Å²) in [7, 11) is 0. The zero-order valence-electron chi connectivity index (χ0n) is 12.1. The van der Waals surface area contributed by atoms with Crippen molar-refractivity contribution in [1.29, 1.82) is 0 Å². The maximum Gasteiger partial charge on any atom is 0.0853 e. The van der Waals surface area contributed by atoms with Crippen LogP contribution in [0.25, 0.3) is 0 Å². The number of nitrogens with zero attached hydrogens (tertiary/aromatic N) is 2. The van der Waals surface area contributed by atoms with Gasteiger partial charge in [0.2, 0.25) is 0 Å². The van der Waals surface area contributed by atoms with Crippen LogP contribution < -0.4 is 4.90 Å². The van der Waals surface area contributed by atoms with Crippen LogP contribution in [-0.4, -0.2) is 22.7 Å².